The molecular formula is C13H25N3O2. The Balaban J connectivity index is 2.53. The van der Waals surface area contributed by atoms with Crippen LogP contribution < -0.4 is 10.6 Å². The number of carbonyl (C=O) groups excluding carboxylic acids is 2. The van der Waals surface area contributed by atoms with Gasteiger partial charge in [-0.1, -0.05) is 20.8 Å². The summed E-state index contributed by atoms with van der Waals surface area (Å²) in [5.41, 5.74) is -0.470. The highest BCUT2D eigenvalue weighted by Crippen LogP contribution is 2.14. The lowest BCUT2D eigenvalue weighted by Gasteiger charge is -2.28. The maximum atomic E-state index is 12.2. The van der Waals surface area contributed by atoms with E-state index in [0.29, 0.717) is 0 Å². The van der Waals surface area contributed by atoms with Gasteiger partial charge in [0.25, 0.3) is 0 Å². The van der Waals surface area contributed by atoms with Crippen molar-refractivity contribution in [3.05, 3.63) is 0 Å². The smallest absolute Gasteiger partial charge is 0.244 e. The van der Waals surface area contributed by atoms with Gasteiger partial charge in [0, 0.05) is 25.0 Å². The lowest BCUT2D eigenvalue weighted by Crippen LogP contribution is -2.51. The Morgan fingerprint density at radius 2 is 2.00 bits per heavy atom. The highest BCUT2D eigenvalue weighted by Gasteiger charge is 2.29. The zero-order valence-corrected chi connectivity index (χ0v) is 12.0. The molecule has 2 amide bonds. The molecule has 0 spiro atoms. The fourth-order valence-corrected chi connectivity index (χ4v) is 1.93. The van der Waals surface area contributed by atoms with Crippen LogP contribution in [0.25, 0.3) is 0 Å². The second kappa shape index (κ2) is 5.69. The Morgan fingerprint density at radius 1 is 1.39 bits per heavy atom. The molecule has 5 nitrogen and oxygen atoms in total. The Kier molecular flexibility index (Phi) is 4.73. The van der Waals surface area contributed by atoms with Crippen LogP contribution in [0.15, 0.2) is 0 Å². The SMILES string of the molecule is CC(NC(=O)C(C)(C)C)C(=O)N(C)C1CCNC1. The van der Waals surface area contributed by atoms with Gasteiger partial charge in [-0.05, 0) is 19.9 Å². The summed E-state index contributed by atoms with van der Waals surface area (Å²) in [5, 5.41) is 6.00. The first-order valence-electron chi connectivity index (χ1n) is 6.52. The van der Waals surface area contributed by atoms with Crippen LogP contribution in [-0.2, 0) is 9.59 Å². The maximum absolute atomic E-state index is 12.2. The van der Waals surface area contributed by atoms with Crippen LogP contribution in [0.5, 0.6) is 0 Å². The number of rotatable bonds is 3. The van der Waals surface area contributed by atoms with E-state index in [0.717, 1.165) is 19.5 Å². The maximum Gasteiger partial charge on any atom is 0.244 e. The molecule has 1 fully saturated rings. The van der Waals surface area contributed by atoms with E-state index in [1.165, 1.54) is 0 Å². The zero-order chi connectivity index (χ0) is 13.9. The number of nitrogens with one attached hydrogen (secondary N) is 2. The molecular weight excluding hydrogens is 230 g/mol. The average Bonchev–Trinajstić information content (AvgIpc) is 2.78. The molecule has 104 valence electrons. The van der Waals surface area contributed by atoms with Crippen molar-refractivity contribution in [3.8, 4) is 0 Å². The van der Waals surface area contributed by atoms with Gasteiger partial charge in [-0.25, -0.2) is 0 Å². The lowest BCUT2D eigenvalue weighted by atomic mass is 9.95. The summed E-state index contributed by atoms with van der Waals surface area (Å²) in [6.07, 6.45) is 0.974. The molecule has 2 unspecified atom stereocenters. The minimum absolute atomic E-state index is 0.0266. The van der Waals surface area contributed by atoms with E-state index in [1.54, 1.807) is 18.9 Å². The molecule has 0 aliphatic carbocycles. The molecule has 18 heavy (non-hydrogen) atoms. The van der Waals surface area contributed by atoms with Gasteiger partial charge in [0.2, 0.25) is 11.8 Å². The first kappa shape index (κ1) is 15.0. The summed E-state index contributed by atoms with van der Waals surface area (Å²) in [6.45, 7) is 9.04. The molecule has 2 N–H and O–H groups in total. The average molecular weight is 255 g/mol. The molecule has 5 heteroatoms. The van der Waals surface area contributed by atoms with Crippen LogP contribution in [0.1, 0.15) is 34.1 Å². The molecule has 1 aliphatic heterocycles. The zero-order valence-electron chi connectivity index (χ0n) is 12.0. The first-order valence-corrected chi connectivity index (χ1v) is 6.52. The second-order valence-electron chi connectivity index (χ2n) is 6.04. The van der Waals surface area contributed by atoms with Crippen molar-refractivity contribution >= 4 is 11.8 Å². The Hall–Kier alpha value is -1.10. The van der Waals surface area contributed by atoms with Crippen molar-refractivity contribution in [2.24, 2.45) is 5.41 Å². The molecule has 2 atom stereocenters. The fraction of sp³-hybridized carbons (Fsp3) is 0.846. The van der Waals surface area contributed by atoms with Crippen molar-refractivity contribution in [2.75, 3.05) is 20.1 Å². The quantitative estimate of drug-likeness (QED) is 0.765. The molecule has 1 saturated heterocycles. The summed E-state index contributed by atoms with van der Waals surface area (Å²) in [7, 11) is 1.81. The van der Waals surface area contributed by atoms with Gasteiger partial charge in [0.15, 0.2) is 0 Å². The minimum atomic E-state index is -0.470. The van der Waals surface area contributed by atoms with Crippen molar-refractivity contribution < 1.29 is 9.59 Å². The normalized spacial score (nSPS) is 21.5. The van der Waals surface area contributed by atoms with Crippen LogP contribution in [0, 0.1) is 5.41 Å². The van der Waals surface area contributed by atoms with Crippen LogP contribution in [0.3, 0.4) is 0 Å². The van der Waals surface area contributed by atoms with E-state index in [9.17, 15) is 9.59 Å². The molecule has 1 rings (SSSR count). The molecule has 0 aromatic heterocycles. The monoisotopic (exact) mass is 255 g/mol. The number of likely N-dealkylation sites (N-methyl/N-ethyl adjacent to an activating group) is 1. The molecule has 0 aromatic carbocycles. The van der Waals surface area contributed by atoms with Gasteiger partial charge in [0.1, 0.15) is 6.04 Å². The van der Waals surface area contributed by atoms with Crippen molar-refractivity contribution in [1.29, 1.82) is 0 Å². The molecule has 1 aliphatic rings. The predicted molar refractivity (Wildman–Crippen MR) is 71.1 cm³/mol. The van der Waals surface area contributed by atoms with Crippen LogP contribution in [0.4, 0.5) is 0 Å². The largest absolute Gasteiger partial charge is 0.344 e. The van der Waals surface area contributed by atoms with Crippen LogP contribution in [-0.4, -0.2) is 48.9 Å². The predicted octanol–water partition coefficient (Wildman–Crippen LogP) is 0.358. The fourth-order valence-electron chi connectivity index (χ4n) is 1.93. The molecule has 0 radical (unpaired) electrons. The standard InChI is InChI=1S/C13H25N3O2/c1-9(15-12(18)13(2,3)4)11(17)16(5)10-6-7-14-8-10/h9-10,14H,6-8H2,1-5H3,(H,15,18). The third kappa shape index (κ3) is 3.70. The Labute approximate surface area is 109 Å². The molecule has 1 heterocycles. The van der Waals surface area contributed by atoms with Gasteiger partial charge in [-0.2, -0.15) is 0 Å². The van der Waals surface area contributed by atoms with Crippen LogP contribution >= 0.6 is 0 Å². The topological polar surface area (TPSA) is 61.4 Å². The van der Waals surface area contributed by atoms with E-state index < -0.39 is 11.5 Å². The van der Waals surface area contributed by atoms with Gasteiger partial charge < -0.3 is 15.5 Å². The minimum Gasteiger partial charge on any atom is -0.344 e. The summed E-state index contributed by atoms with van der Waals surface area (Å²) in [5.74, 6) is -0.123. The molecule has 0 bridgehead atoms. The van der Waals surface area contributed by atoms with E-state index in [4.69, 9.17) is 0 Å². The van der Waals surface area contributed by atoms with Gasteiger partial charge >= 0.3 is 0 Å². The second-order valence-corrected chi connectivity index (χ2v) is 6.04. The summed E-state index contributed by atoms with van der Waals surface area (Å²) < 4.78 is 0. The summed E-state index contributed by atoms with van der Waals surface area (Å²) in [4.78, 5) is 25.7. The number of amides is 2. The van der Waals surface area contributed by atoms with Crippen molar-refractivity contribution in [3.63, 3.8) is 0 Å². The number of nitrogens with zero attached hydrogens (tertiary/aromatic N) is 1. The van der Waals surface area contributed by atoms with E-state index in [1.807, 2.05) is 20.8 Å². The summed E-state index contributed by atoms with van der Waals surface area (Å²) in [6, 6.07) is -0.228. The number of hydrogen-bond acceptors (Lipinski definition) is 3. The summed E-state index contributed by atoms with van der Waals surface area (Å²) >= 11 is 0. The van der Waals surface area contributed by atoms with E-state index in [2.05, 4.69) is 10.6 Å². The Bertz CT molecular complexity index is 317. The van der Waals surface area contributed by atoms with Crippen molar-refractivity contribution in [2.45, 2.75) is 46.2 Å². The third-order valence-corrected chi connectivity index (χ3v) is 3.33. The Morgan fingerprint density at radius 3 is 2.44 bits per heavy atom. The van der Waals surface area contributed by atoms with Crippen molar-refractivity contribution in [1.82, 2.24) is 15.5 Å². The molecule has 0 aromatic rings. The van der Waals surface area contributed by atoms with E-state index >= 15 is 0 Å². The number of carbonyl (C=O) groups is 2. The van der Waals surface area contributed by atoms with Gasteiger partial charge in [-0.3, -0.25) is 9.59 Å². The highest BCUT2D eigenvalue weighted by molar-refractivity contribution is 5.89. The first-order chi connectivity index (χ1) is 8.23. The molecule has 0 saturated carbocycles. The lowest BCUT2D eigenvalue weighted by molar-refractivity contribution is -0.138. The highest BCUT2D eigenvalue weighted by atomic mass is 16.2. The van der Waals surface area contributed by atoms with Gasteiger partial charge in [-0.15, -0.1) is 0 Å². The number of hydrogen-bond donors (Lipinski definition) is 2. The van der Waals surface area contributed by atoms with E-state index in [-0.39, 0.29) is 17.9 Å². The van der Waals surface area contributed by atoms with Crippen LogP contribution in [0.2, 0.25) is 0 Å². The third-order valence-electron chi connectivity index (χ3n) is 3.33. The van der Waals surface area contributed by atoms with Gasteiger partial charge in [0.05, 0.1) is 0 Å².